The Morgan fingerprint density at radius 3 is 2.62 bits per heavy atom. The van der Waals surface area contributed by atoms with Crippen LogP contribution in [0.15, 0.2) is 23.1 Å². The van der Waals surface area contributed by atoms with Crippen LogP contribution in [0.25, 0.3) is 0 Å². The molecule has 0 unspecified atom stereocenters. The van der Waals surface area contributed by atoms with Crippen LogP contribution in [0.1, 0.15) is 26.2 Å². The summed E-state index contributed by atoms with van der Waals surface area (Å²) in [5.41, 5.74) is 0. The number of methoxy groups -OCH3 is 1. The Labute approximate surface area is 102 Å². The molecule has 0 radical (unpaired) electrons. The van der Waals surface area contributed by atoms with Crippen molar-refractivity contribution in [3.8, 4) is 11.5 Å². The highest BCUT2D eigenvalue weighted by atomic mass is 32.2. The number of unbranched alkanes of at least 4 members (excludes halogenated alkanes) is 2. The first kappa shape index (κ1) is 13.2. The Bertz CT molecular complexity index is 313. The minimum atomic E-state index is 0.766. The van der Waals surface area contributed by atoms with Crippen molar-refractivity contribution in [2.75, 3.05) is 20.0 Å². The predicted molar refractivity (Wildman–Crippen MR) is 69.8 cm³/mol. The summed E-state index contributed by atoms with van der Waals surface area (Å²) in [6, 6.07) is 6.04. The molecule has 2 nitrogen and oxygen atoms in total. The zero-order valence-corrected chi connectivity index (χ0v) is 11.1. The third-order valence-corrected chi connectivity index (χ3v) is 3.10. The van der Waals surface area contributed by atoms with Crippen molar-refractivity contribution in [3.63, 3.8) is 0 Å². The normalized spacial score (nSPS) is 10.2. The average molecular weight is 240 g/mol. The number of rotatable bonds is 7. The van der Waals surface area contributed by atoms with Crippen LogP contribution in [0, 0.1) is 0 Å². The van der Waals surface area contributed by atoms with E-state index in [1.807, 2.05) is 18.2 Å². The summed E-state index contributed by atoms with van der Waals surface area (Å²) in [7, 11) is 1.67. The van der Waals surface area contributed by atoms with E-state index in [4.69, 9.17) is 9.47 Å². The second-order valence-electron chi connectivity index (χ2n) is 3.57. The highest BCUT2D eigenvalue weighted by molar-refractivity contribution is 7.98. The largest absolute Gasteiger partial charge is 0.493 e. The van der Waals surface area contributed by atoms with Gasteiger partial charge in [0.05, 0.1) is 13.7 Å². The van der Waals surface area contributed by atoms with Crippen LogP contribution < -0.4 is 9.47 Å². The van der Waals surface area contributed by atoms with Gasteiger partial charge in [-0.1, -0.05) is 19.8 Å². The Balaban J connectivity index is 2.60. The van der Waals surface area contributed by atoms with E-state index in [2.05, 4.69) is 13.2 Å². The first-order valence-corrected chi connectivity index (χ1v) is 6.89. The molecule has 0 bridgehead atoms. The van der Waals surface area contributed by atoms with Crippen molar-refractivity contribution < 1.29 is 9.47 Å². The number of ether oxygens (including phenoxy) is 2. The molecule has 0 saturated carbocycles. The molecule has 1 rings (SSSR count). The molecule has 0 aromatic heterocycles. The van der Waals surface area contributed by atoms with E-state index in [9.17, 15) is 0 Å². The molecule has 0 fully saturated rings. The van der Waals surface area contributed by atoms with Gasteiger partial charge in [0.15, 0.2) is 11.5 Å². The van der Waals surface area contributed by atoms with Crippen LogP contribution in [0.2, 0.25) is 0 Å². The molecule has 0 aliphatic carbocycles. The fraction of sp³-hybridized carbons (Fsp3) is 0.538. The quantitative estimate of drug-likeness (QED) is 0.530. The third-order valence-electron chi connectivity index (χ3n) is 2.38. The van der Waals surface area contributed by atoms with Gasteiger partial charge in [-0.2, -0.15) is 0 Å². The SMILES string of the molecule is CCCCCOc1cc(SC)ccc1OC. The first-order valence-electron chi connectivity index (χ1n) is 5.66. The molecule has 16 heavy (non-hydrogen) atoms. The lowest BCUT2D eigenvalue weighted by Gasteiger charge is -2.11. The summed E-state index contributed by atoms with van der Waals surface area (Å²) in [5.74, 6) is 1.67. The maximum Gasteiger partial charge on any atom is 0.162 e. The summed E-state index contributed by atoms with van der Waals surface area (Å²) in [4.78, 5) is 1.20. The molecular formula is C13H20O2S. The highest BCUT2D eigenvalue weighted by Crippen LogP contribution is 2.31. The molecule has 0 atom stereocenters. The van der Waals surface area contributed by atoms with Crippen molar-refractivity contribution in [2.24, 2.45) is 0 Å². The molecule has 0 heterocycles. The summed E-state index contributed by atoms with van der Waals surface area (Å²) >= 11 is 1.71. The van der Waals surface area contributed by atoms with Gasteiger partial charge < -0.3 is 9.47 Å². The predicted octanol–water partition coefficient (Wildman–Crippen LogP) is 3.99. The second-order valence-corrected chi connectivity index (χ2v) is 4.45. The fourth-order valence-electron chi connectivity index (χ4n) is 1.43. The van der Waals surface area contributed by atoms with Crippen LogP contribution in [-0.2, 0) is 0 Å². The van der Waals surface area contributed by atoms with Gasteiger partial charge in [-0.25, -0.2) is 0 Å². The molecule has 0 aliphatic heterocycles. The molecule has 0 N–H and O–H groups in total. The Morgan fingerprint density at radius 1 is 1.19 bits per heavy atom. The minimum Gasteiger partial charge on any atom is -0.493 e. The Kier molecular flexibility index (Phi) is 6.16. The molecule has 90 valence electrons. The molecule has 3 heteroatoms. The number of hydrogen-bond donors (Lipinski definition) is 0. The van der Waals surface area contributed by atoms with Crippen LogP contribution in [-0.4, -0.2) is 20.0 Å². The van der Waals surface area contributed by atoms with Gasteiger partial charge >= 0.3 is 0 Å². The zero-order chi connectivity index (χ0) is 11.8. The highest BCUT2D eigenvalue weighted by Gasteiger charge is 2.05. The van der Waals surface area contributed by atoms with E-state index in [1.54, 1.807) is 18.9 Å². The van der Waals surface area contributed by atoms with Gasteiger partial charge in [0.25, 0.3) is 0 Å². The van der Waals surface area contributed by atoms with Crippen molar-refractivity contribution in [1.29, 1.82) is 0 Å². The van der Waals surface area contributed by atoms with Crippen LogP contribution >= 0.6 is 11.8 Å². The van der Waals surface area contributed by atoms with Crippen molar-refractivity contribution in [1.82, 2.24) is 0 Å². The standard InChI is InChI=1S/C13H20O2S/c1-4-5-6-9-15-13-10-11(16-3)7-8-12(13)14-2/h7-8,10H,4-6,9H2,1-3H3. The van der Waals surface area contributed by atoms with Crippen molar-refractivity contribution in [2.45, 2.75) is 31.1 Å². The lowest BCUT2D eigenvalue weighted by Crippen LogP contribution is -1.99. The minimum absolute atomic E-state index is 0.766. The lowest BCUT2D eigenvalue weighted by molar-refractivity contribution is 0.285. The summed E-state index contributed by atoms with van der Waals surface area (Å²) in [6.45, 7) is 2.96. The third kappa shape index (κ3) is 3.97. The van der Waals surface area contributed by atoms with E-state index in [1.165, 1.54) is 17.7 Å². The van der Waals surface area contributed by atoms with E-state index in [-0.39, 0.29) is 0 Å². The fourth-order valence-corrected chi connectivity index (χ4v) is 1.86. The van der Waals surface area contributed by atoms with Crippen LogP contribution in [0.3, 0.4) is 0 Å². The molecule has 0 amide bonds. The monoisotopic (exact) mass is 240 g/mol. The maximum absolute atomic E-state index is 5.73. The van der Waals surface area contributed by atoms with E-state index >= 15 is 0 Å². The van der Waals surface area contributed by atoms with Gasteiger partial charge in [0.1, 0.15) is 0 Å². The maximum atomic E-state index is 5.73. The van der Waals surface area contributed by atoms with Crippen LogP contribution in [0.5, 0.6) is 11.5 Å². The molecule has 0 aliphatic rings. The summed E-state index contributed by atoms with van der Waals surface area (Å²) < 4.78 is 11.0. The Morgan fingerprint density at radius 2 is 2.00 bits per heavy atom. The Hall–Kier alpha value is -0.830. The first-order chi connectivity index (χ1) is 7.81. The van der Waals surface area contributed by atoms with E-state index in [0.717, 1.165) is 24.5 Å². The van der Waals surface area contributed by atoms with Gasteiger partial charge in [-0.15, -0.1) is 11.8 Å². The smallest absolute Gasteiger partial charge is 0.162 e. The van der Waals surface area contributed by atoms with Crippen molar-refractivity contribution in [3.05, 3.63) is 18.2 Å². The van der Waals surface area contributed by atoms with Gasteiger partial charge in [0.2, 0.25) is 0 Å². The summed E-state index contributed by atoms with van der Waals surface area (Å²) in [5, 5.41) is 0. The molecule has 1 aromatic carbocycles. The van der Waals surface area contributed by atoms with Gasteiger partial charge in [-0.05, 0) is 30.9 Å². The van der Waals surface area contributed by atoms with Crippen LogP contribution in [0.4, 0.5) is 0 Å². The topological polar surface area (TPSA) is 18.5 Å². The van der Waals surface area contributed by atoms with Gasteiger partial charge in [0, 0.05) is 4.90 Å². The molecule has 1 aromatic rings. The average Bonchev–Trinajstić information content (AvgIpc) is 2.34. The molecule has 0 spiro atoms. The van der Waals surface area contributed by atoms with E-state index in [0.29, 0.717) is 0 Å². The number of thioether (sulfide) groups is 1. The molecular weight excluding hydrogens is 220 g/mol. The molecule has 0 saturated heterocycles. The van der Waals surface area contributed by atoms with E-state index < -0.39 is 0 Å². The van der Waals surface area contributed by atoms with Crippen molar-refractivity contribution >= 4 is 11.8 Å². The number of hydrogen-bond acceptors (Lipinski definition) is 3. The zero-order valence-electron chi connectivity index (χ0n) is 10.3. The van der Waals surface area contributed by atoms with Gasteiger partial charge in [-0.3, -0.25) is 0 Å². The summed E-state index contributed by atoms with van der Waals surface area (Å²) in [6.07, 6.45) is 5.59. The second kappa shape index (κ2) is 7.44. The lowest BCUT2D eigenvalue weighted by atomic mass is 10.2. The number of benzene rings is 1.